The summed E-state index contributed by atoms with van der Waals surface area (Å²) < 4.78 is 5.34. The summed E-state index contributed by atoms with van der Waals surface area (Å²) in [6, 6.07) is 20.3. The standard InChI is InChI=1S/C21H14Cl2O3/c22-16-11-10-15(19(23)12-16)13-26-21(25)18-9-5-4-8-17(18)20(24)14-6-2-1-3-7-14/h1-12H,13H2. The Morgan fingerprint density at radius 2 is 1.46 bits per heavy atom. The number of carbonyl (C=O) groups excluding carboxylic acids is 2. The molecule has 3 rings (SSSR count). The Morgan fingerprint density at radius 3 is 2.15 bits per heavy atom. The molecule has 5 heteroatoms. The molecule has 0 N–H and O–H groups in total. The van der Waals surface area contributed by atoms with Crippen LogP contribution in [-0.2, 0) is 11.3 Å². The van der Waals surface area contributed by atoms with Gasteiger partial charge in [0.1, 0.15) is 6.61 Å². The molecule has 26 heavy (non-hydrogen) atoms. The number of ketones is 1. The van der Waals surface area contributed by atoms with Crippen LogP contribution in [0.15, 0.2) is 72.8 Å². The molecular weight excluding hydrogens is 371 g/mol. The smallest absolute Gasteiger partial charge is 0.339 e. The Hall–Kier alpha value is -2.62. The van der Waals surface area contributed by atoms with Crippen molar-refractivity contribution in [3.63, 3.8) is 0 Å². The van der Waals surface area contributed by atoms with Crippen LogP contribution in [0.4, 0.5) is 0 Å². The quantitative estimate of drug-likeness (QED) is 0.425. The molecular formula is C21H14Cl2O3. The lowest BCUT2D eigenvalue weighted by Crippen LogP contribution is -2.12. The van der Waals surface area contributed by atoms with E-state index in [-0.39, 0.29) is 18.0 Å². The van der Waals surface area contributed by atoms with Crippen LogP contribution in [0.1, 0.15) is 31.8 Å². The van der Waals surface area contributed by atoms with E-state index >= 15 is 0 Å². The maximum Gasteiger partial charge on any atom is 0.339 e. The van der Waals surface area contributed by atoms with E-state index in [4.69, 9.17) is 27.9 Å². The second kappa shape index (κ2) is 8.17. The van der Waals surface area contributed by atoms with E-state index in [1.165, 1.54) is 0 Å². The van der Waals surface area contributed by atoms with Gasteiger partial charge in [0.25, 0.3) is 0 Å². The minimum absolute atomic E-state index is 0.0112. The number of hydrogen-bond donors (Lipinski definition) is 0. The van der Waals surface area contributed by atoms with Crippen molar-refractivity contribution >= 4 is 35.0 Å². The van der Waals surface area contributed by atoms with Gasteiger partial charge in [-0.3, -0.25) is 4.79 Å². The molecule has 0 bridgehead atoms. The molecule has 130 valence electrons. The summed E-state index contributed by atoms with van der Waals surface area (Å²) in [6.07, 6.45) is 0. The highest BCUT2D eigenvalue weighted by molar-refractivity contribution is 6.35. The highest BCUT2D eigenvalue weighted by atomic mass is 35.5. The largest absolute Gasteiger partial charge is 0.457 e. The molecule has 0 saturated carbocycles. The number of benzene rings is 3. The van der Waals surface area contributed by atoms with Crippen molar-refractivity contribution in [3.05, 3.63) is 105 Å². The van der Waals surface area contributed by atoms with Crippen LogP contribution in [-0.4, -0.2) is 11.8 Å². The van der Waals surface area contributed by atoms with Gasteiger partial charge in [0.15, 0.2) is 5.78 Å². The average Bonchev–Trinajstić information content (AvgIpc) is 2.67. The Labute approximate surface area is 161 Å². The molecule has 0 atom stereocenters. The SMILES string of the molecule is O=C(OCc1ccc(Cl)cc1Cl)c1ccccc1C(=O)c1ccccc1. The monoisotopic (exact) mass is 384 g/mol. The fourth-order valence-electron chi connectivity index (χ4n) is 2.46. The highest BCUT2D eigenvalue weighted by Gasteiger charge is 2.19. The van der Waals surface area contributed by atoms with Crippen molar-refractivity contribution in [2.24, 2.45) is 0 Å². The predicted molar refractivity (Wildman–Crippen MR) is 102 cm³/mol. The molecule has 3 aromatic rings. The van der Waals surface area contributed by atoms with Gasteiger partial charge in [0.2, 0.25) is 0 Å². The van der Waals surface area contributed by atoms with E-state index in [9.17, 15) is 9.59 Å². The number of halogens is 2. The first kappa shape index (κ1) is 18.2. The first-order valence-electron chi connectivity index (χ1n) is 7.86. The minimum Gasteiger partial charge on any atom is -0.457 e. The number of rotatable bonds is 5. The third-order valence-corrected chi connectivity index (χ3v) is 4.39. The van der Waals surface area contributed by atoms with Crippen LogP contribution >= 0.6 is 23.2 Å². The van der Waals surface area contributed by atoms with E-state index < -0.39 is 5.97 Å². The van der Waals surface area contributed by atoms with Crippen LogP contribution in [0.5, 0.6) is 0 Å². The lowest BCUT2D eigenvalue weighted by molar-refractivity contribution is 0.0470. The average molecular weight is 385 g/mol. The zero-order valence-electron chi connectivity index (χ0n) is 13.6. The number of esters is 1. The number of hydrogen-bond acceptors (Lipinski definition) is 3. The van der Waals surface area contributed by atoms with Crippen molar-refractivity contribution in [1.82, 2.24) is 0 Å². The summed E-state index contributed by atoms with van der Waals surface area (Å²) in [6.45, 7) is -0.0112. The molecule has 0 spiro atoms. The molecule has 0 aliphatic carbocycles. The van der Waals surface area contributed by atoms with Crippen molar-refractivity contribution in [3.8, 4) is 0 Å². The molecule has 0 aromatic heterocycles. The van der Waals surface area contributed by atoms with Gasteiger partial charge in [-0.05, 0) is 18.2 Å². The van der Waals surface area contributed by atoms with Crippen LogP contribution in [0, 0.1) is 0 Å². The molecule has 0 aliphatic rings. The third-order valence-electron chi connectivity index (χ3n) is 3.80. The lowest BCUT2D eigenvalue weighted by Gasteiger charge is -2.10. The Morgan fingerprint density at radius 1 is 0.808 bits per heavy atom. The molecule has 0 fully saturated rings. The number of ether oxygens (including phenoxy) is 1. The Balaban J connectivity index is 1.81. The minimum atomic E-state index is -0.587. The zero-order valence-corrected chi connectivity index (χ0v) is 15.1. The predicted octanol–water partition coefficient (Wildman–Crippen LogP) is 5.58. The Kier molecular flexibility index (Phi) is 5.71. The lowest BCUT2D eigenvalue weighted by atomic mass is 9.98. The first-order valence-corrected chi connectivity index (χ1v) is 8.61. The summed E-state index contributed by atoms with van der Waals surface area (Å²) in [5.41, 5.74) is 1.65. The fourth-order valence-corrected chi connectivity index (χ4v) is 2.93. The molecule has 0 amide bonds. The van der Waals surface area contributed by atoms with Gasteiger partial charge in [0.05, 0.1) is 5.56 Å². The van der Waals surface area contributed by atoms with Gasteiger partial charge in [-0.2, -0.15) is 0 Å². The molecule has 0 aliphatic heterocycles. The fraction of sp³-hybridized carbons (Fsp3) is 0.0476. The van der Waals surface area contributed by atoms with Crippen LogP contribution in [0.3, 0.4) is 0 Å². The summed E-state index contributed by atoms with van der Waals surface area (Å²) >= 11 is 12.0. The maximum atomic E-state index is 12.7. The van der Waals surface area contributed by atoms with Crippen molar-refractivity contribution in [1.29, 1.82) is 0 Å². The molecule has 0 heterocycles. The van der Waals surface area contributed by atoms with Gasteiger partial charge < -0.3 is 4.74 Å². The van der Waals surface area contributed by atoms with E-state index in [0.717, 1.165) is 0 Å². The van der Waals surface area contributed by atoms with Crippen LogP contribution in [0.25, 0.3) is 0 Å². The second-order valence-corrected chi connectivity index (χ2v) is 6.40. The van der Waals surface area contributed by atoms with Crippen molar-refractivity contribution in [2.75, 3.05) is 0 Å². The Bertz CT molecular complexity index is 952. The highest BCUT2D eigenvalue weighted by Crippen LogP contribution is 2.22. The summed E-state index contributed by atoms with van der Waals surface area (Å²) in [4.78, 5) is 25.2. The summed E-state index contributed by atoms with van der Waals surface area (Å²) in [5.74, 6) is -0.821. The summed E-state index contributed by atoms with van der Waals surface area (Å²) in [5, 5.41) is 0.919. The van der Waals surface area contributed by atoms with E-state index in [2.05, 4.69) is 0 Å². The van der Waals surface area contributed by atoms with Gasteiger partial charge in [-0.15, -0.1) is 0 Å². The van der Waals surface area contributed by atoms with Gasteiger partial charge >= 0.3 is 5.97 Å². The normalized spacial score (nSPS) is 10.4. The second-order valence-electron chi connectivity index (χ2n) is 5.55. The molecule has 0 radical (unpaired) electrons. The van der Waals surface area contributed by atoms with Gasteiger partial charge in [-0.1, -0.05) is 77.8 Å². The first-order chi connectivity index (χ1) is 12.6. The van der Waals surface area contributed by atoms with Crippen LogP contribution < -0.4 is 0 Å². The van der Waals surface area contributed by atoms with E-state index in [0.29, 0.717) is 26.7 Å². The third kappa shape index (κ3) is 4.13. The zero-order chi connectivity index (χ0) is 18.5. The maximum absolute atomic E-state index is 12.7. The van der Waals surface area contributed by atoms with Crippen LogP contribution in [0.2, 0.25) is 10.0 Å². The van der Waals surface area contributed by atoms with E-state index in [1.807, 2.05) is 6.07 Å². The number of carbonyl (C=O) groups is 2. The molecule has 0 unspecified atom stereocenters. The van der Waals surface area contributed by atoms with E-state index in [1.54, 1.807) is 66.7 Å². The molecule has 3 aromatic carbocycles. The van der Waals surface area contributed by atoms with Gasteiger partial charge in [-0.25, -0.2) is 4.79 Å². The van der Waals surface area contributed by atoms with Crippen molar-refractivity contribution in [2.45, 2.75) is 6.61 Å². The van der Waals surface area contributed by atoms with Gasteiger partial charge in [0, 0.05) is 26.7 Å². The summed E-state index contributed by atoms with van der Waals surface area (Å²) in [7, 11) is 0. The molecule has 0 saturated heterocycles. The van der Waals surface area contributed by atoms with Crippen molar-refractivity contribution < 1.29 is 14.3 Å². The molecule has 3 nitrogen and oxygen atoms in total. The topological polar surface area (TPSA) is 43.4 Å².